The molecule has 0 saturated carbocycles. The summed E-state index contributed by atoms with van der Waals surface area (Å²) in [4.78, 5) is 28.0. The van der Waals surface area contributed by atoms with Gasteiger partial charge in [-0.3, -0.25) is 28.5 Å². The second kappa shape index (κ2) is 8.98. The first-order valence-corrected chi connectivity index (χ1v) is 10.1. The van der Waals surface area contributed by atoms with E-state index >= 15 is 0 Å². The smallest absolute Gasteiger partial charge is 0.323 e. The van der Waals surface area contributed by atoms with E-state index in [0.29, 0.717) is 10.2 Å². The van der Waals surface area contributed by atoms with Crippen molar-refractivity contribution in [2.45, 2.75) is 0 Å². The summed E-state index contributed by atoms with van der Waals surface area (Å²) in [7, 11) is 0. The number of carbonyl (C=O) groups excluding carboxylic acids is 1. The van der Waals surface area contributed by atoms with Gasteiger partial charge in [-0.1, -0.05) is 12.1 Å². The Morgan fingerprint density at radius 1 is 1.10 bits per heavy atom. The number of rotatable bonds is 6. The molecular weight excluding hydrogens is 478 g/mol. The third-order valence-corrected chi connectivity index (χ3v) is 5.35. The maximum absolute atomic E-state index is 12.4. The maximum Gasteiger partial charge on any atom is 0.323 e. The topological polar surface area (TPSA) is 146 Å². The van der Waals surface area contributed by atoms with Crippen LogP contribution in [-0.4, -0.2) is 24.7 Å². The lowest BCUT2D eigenvalue weighted by molar-refractivity contribution is -0.384. The summed E-state index contributed by atoms with van der Waals surface area (Å²) in [5.74, 6) is 0. The fraction of sp³-hybridized carbons (Fsp3) is 0. The number of para-hydroxylation sites is 1. The van der Waals surface area contributed by atoms with E-state index in [4.69, 9.17) is 5.73 Å². The fourth-order valence-corrected chi connectivity index (χ4v) is 3.81. The van der Waals surface area contributed by atoms with Crippen molar-refractivity contribution in [3.8, 4) is 0 Å². The van der Waals surface area contributed by atoms with Gasteiger partial charge >= 0.3 is 6.03 Å². The van der Waals surface area contributed by atoms with Gasteiger partial charge in [-0.15, -0.1) is 0 Å². The van der Waals surface area contributed by atoms with Crippen LogP contribution >= 0.6 is 15.9 Å². The molecule has 1 aromatic heterocycles. The second-order valence-corrected chi connectivity index (χ2v) is 7.43. The van der Waals surface area contributed by atoms with Crippen molar-refractivity contribution in [3.63, 3.8) is 0 Å². The van der Waals surface area contributed by atoms with E-state index in [2.05, 4.69) is 20.9 Å². The number of benzene rings is 2. The van der Waals surface area contributed by atoms with Crippen molar-refractivity contribution in [2.24, 2.45) is 5.73 Å². The van der Waals surface area contributed by atoms with Crippen molar-refractivity contribution in [3.05, 3.63) is 81.6 Å². The van der Waals surface area contributed by atoms with Crippen LogP contribution in [0.5, 0.6) is 0 Å². The minimum absolute atomic E-state index is 0.0213. The monoisotopic (exact) mass is 490 g/mol. The number of hydrogen-bond acceptors (Lipinski definition) is 6. The van der Waals surface area contributed by atoms with Gasteiger partial charge in [0, 0.05) is 22.8 Å². The first-order valence-electron chi connectivity index (χ1n) is 8.23. The normalized spacial score (nSPS) is 11.5. The molecule has 2 amide bonds. The number of nitrogens with two attached hydrogens (primary N) is 1. The number of carbonyl (C=O) groups is 1. The average Bonchev–Trinajstić information content (AvgIpc) is 2.71. The minimum Gasteiger partial charge on any atom is -0.755 e. The van der Waals surface area contributed by atoms with Gasteiger partial charge in [-0.05, 0) is 46.3 Å². The first kappa shape index (κ1) is 21.4. The minimum atomic E-state index is -2.90. The summed E-state index contributed by atoms with van der Waals surface area (Å²) in [5.41, 5.74) is 5.53. The SMILES string of the molecule is NC(=O)N(c1ccccc1Br)c1ccc([N+](=O)[O-])cc1N(c1cccnc1)S(=O)[O-]. The van der Waals surface area contributed by atoms with E-state index in [0.717, 1.165) is 21.3 Å². The number of hydrogen-bond donors (Lipinski definition) is 1. The van der Waals surface area contributed by atoms with Crippen LogP contribution in [0.1, 0.15) is 0 Å². The summed E-state index contributed by atoms with van der Waals surface area (Å²) >= 11 is 0.434. The fourth-order valence-electron chi connectivity index (χ4n) is 2.76. The lowest BCUT2D eigenvalue weighted by Gasteiger charge is -2.31. The molecule has 0 bridgehead atoms. The van der Waals surface area contributed by atoms with Crippen molar-refractivity contribution in [1.29, 1.82) is 0 Å². The number of non-ortho nitro benzene ring substituents is 1. The molecule has 1 heterocycles. The Morgan fingerprint density at radius 2 is 1.83 bits per heavy atom. The Hall–Kier alpha value is -3.35. The van der Waals surface area contributed by atoms with Gasteiger partial charge < -0.3 is 10.3 Å². The van der Waals surface area contributed by atoms with E-state index in [1.807, 2.05) is 0 Å². The zero-order chi connectivity index (χ0) is 21.8. The highest BCUT2D eigenvalue weighted by molar-refractivity contribution is 9.10. The highest BCUT2D eigenvalue weighted by Gasteiger charge is 2.26. The molecule has 0 radical (unpaired) electrons. The van der Waals surface area contributed by atoms with Gasteiger partial charge in [0.25, 0.3) is 5.69 Å². The average molecular weight is 491 g/mol. The van der Waals surface area contributed by atoms with E-state index in [1.165, 1.54) is 30.6 Å². The maximum atomic E-state index is 12.4. The van der Waals surface area contributed by atoms with Gasteiger partial charge in [0.1, 0.15) is 0 Å². The molecule has 0 spiro atoms. The number of nitro groups is 1. The standard InChI is InChI=1S/C18H14BrN5O5S/c19-14-5-1-2-6-15(14)22(18(20)25)16-8-7-12(24(26)27)10-17(16)23(30(28)29)13-4-3-9-21-11-13/h1-11H,(H2,20,25)(H,28,29)/p-1. The van der Waals surface area contributed by atoms with Crippen LogP contribution in [0.2, 0.25) is 0 Å². The highest BCUT2D eigenvalue weighted by Crippen LogP contribution is 2.42. The first-order chi connectivity index (χ1) is 14.3. The van der Waals surface area contributed by atoms with Gasteiger partial charge in [-0.25, -0.2) is 4.79 Å². The highest BCUT2D eigenvalue weighted by atomic mass is 79.9. The number of primary amides is 1. The number of halogens is 1. The number of aromatic nitrogens is 1. The van der Waals surface area contributed by atoms with Crippen molar-refractivity contribution in [2.75, 3.05) is 9.21 Å². The molecule has 154 valence electrons. The third kappa shape index (κ3) is 4.30. The summed E-state index contributed by atoms with van der Waals surface area (Å²) in [6.07, 6.45) is 2.71. The lowest BCUT2D eigenvalue weighted by Crippen LogP contribution is -2.33. The van der Waals surface area contributed by atoms with E-state index in [1.54, 1.807) is 24.3 Å². The predicted octanol–water partition coefficient (Wildman–Crippen LogP) is 3.90. The zero-order valence-electron chi connectivity index (χ0n) is 15.0. The predicted molar refractivity (Wildman–Crippen MR) is 114 cm³/mol. The molecule has 0 aliphatic carbocycles. The van der Waals surface area contributed by atoms with Crippen LogP contribution in [-0.2, 0) is 11.3 Å². The molecule has 0 fully saturated rings. The van der Waals surface area contributed by atoms with E-state index in [-0.39, 0.29) is 22.7 Å². The van der Waals surface area contributed by atoms with Crippen molar-refractivity contribution in [1.82, 2.24) is 4.98 Å². The van der Waals surface area contributed by atoms with Crippen LogP contribution in [0.25, 0.3) is 0 Å². The van der Waals surface area contributed by atoms with Crippen LogP contribution in [0.15, 0.2) is 71.5 Å². The molecule has 3 rings (SSSR count). The Labute approximate surface area is 181 Å². The van der Waals surface area contributed by atoms with Gasteiger partial charge in [0.05, 0.1) is 45.1 Å². The molecule has 0 aliphatic heterocycles. The quantitative estimate of drug-likeness (QED) is 0.314. The molecule has 1 unspecified atom stereocenters. The molecule has 30 heavy (non-hydrogen) atoms. The van der Waals surface area contributed by atoms with E-state index in [9.17, 15) is 23.7 Å². The Bertz CT molecular complexity index is 1130. The molecular formula is C18H13BrN5O5S-. The van der Waals surface area contributed by atoms with Crippen LogP contribution < -0.4 is 14.9 Å². The summed E-state index contributed by atoms with van der Waals surface area (Å²) in [6, 6.07) is 12.1. The molecule has 0 saturated heterocycles. The lowest BCUT2D eigenvalue weighted by atomic mass is 10.2. The molecule has 10 nitrogen and oxygen atoms in total. The Morgan fingerprint density at radius 3 is 2.40 bits per heavy atom. The van der Waals surface area contributed by atoms with Crippen LogP contribution in [0.4, 0.5) is 33.2 Å². The summed E-state index contributed by atoms with van der Waals surface area (Å²) in [5, 5.41) is 11.3. The van der Waals surface area contributed by atoms with Gasteiger partial charge in [0.15, 0.2) is 0 Å². The molecule has 12 heteroatoms. The van der Waals surface area contributed by atoms with Gasteiger partial charge in [-0.2, -0.15) is 0 Å². The second-order valence-electron chi connectivity index (χ2n) is 5.78. The molecule has 2 aromatic carbocycles. The number of anilines is 4. The van der Waals surface area contributed by atoms with Gasteiger partial charge in [0.2, 0.25) is 0 Å². The summed E-state index contributed by atoms with van der Waals surface area (Å²) in [6.45, 7) is 0. The van der Waals surface area contributed by atoms with Crippen molar-refractivity contribution < 1.29 is 18.5 Å². The number of pyridine rings is 1. The number of nitrogens with zero attached hydrogens (tertiary/aromatic N) is 4. The van der Waals surface area contributed by atoms with Crippen molar-refractivity contribution >= 4 is 61.7 Å². The number of amides is 2. The van der Waals surface area contributed by atoms with E-state index < -0.39 is 22.2 Å². The molecule has 2 N–H and O–H groups in total. The number of nitro benzene ring substituents is 1. The Kier molecular flexibility index (Phi) is 6.40. The molecule has 1 atom stereocenters. The Balaban J connectivity index is 2.32. The summed E-state index contributed by atoms with van der Waals surface area (Å²) < 4.78 is 25.5. The third-order valence-electron chi connectivity index (χ3n) is 3.97. The van der Waals surface area contributed by atoms with Crippen LogP contribution in [0.3, 0.4) is 0 Å². The number of urea groups is 1. The molecule has 0 aliphatic rings. The van der Waals surface area contributed by atoms with Crippen LogP contribution in [0, 0.1) is 10.1 Å². The molecule has 3 aromatic rings. The largest absolute Gasteiger partial charge is 0.755 e. The zero-order valence-corrected chi connectivity index (χ0v) is 17.4.